The molecular formula is C11H16FNO2. The van der Waals surface area contributed by atoms with E-state index in [2.05, 4.69) is 0 Å². The van der Waals surface area contributed by atoms with Crippen molar-refractivity contribution < 1.29 is 14.2 Å². The number of rotatable bonds is 5. The summed E-state index contributed by atoms with van der Waals surface area (Å²) < 4.78 is 18.0. The van der Waals surface area contributed by atoms with Crippen LogP contribution >= 0.6 is 0 Å². The smallest absolute Gasteiger partial charge is 0.126 e. The number of aliphatic hydroxyl groups is 1. The molecule has 1 aromatic carbocycles. The maximum absolute atomic E-state index is 12.7. The summed E-state index contributed by atoms with van der Waals surface area (Å²) in [6.45, 7) is 2.00. The Bertz CT molecular complexity index is 315. The molecule has 0 bridgehead atoms. The van der Waals surface area contributed by atoms with Crippen LogP contribution in [0.1, 0.15) is 13.3 Å². The van der Waals surface area contributed by atoms with Crippen molar-refractivity contribution in [2.45, 2.75) is 18.9 Å². The van der Waals surface area contributed by atoms with Gasteiger partial charge in [-0.1, -0.05) is 6.07 Å². The van der Waals surface area contributed by atoms with Crippen LogP contribution in [0, 0.1) is 5.82 Å². The molecule has 0 aliphatic rings. The van der Waals surface area contributed by atoms with E-state index in [0.717, 1.165) is 0 Å². The van der Waals surface area contributed by atoms with Gasteiger partial charge in [0.15, 0.2) is 0 Å². The van der Waals surface area contributed by atoms with Gasteiger partial charge in [0, 0.05) is 18.0 Å². The van der Waals surface area contributed by atoms with E-state index in [9.17, 15) is 4.39 Å². The molecule has 0 saturated heterocycles. The van der Waals surface area contributed by atoms with Gasteiger partial charge in [-0.05, 0) is 19.1 Å². The number of hydrogen-bond donors (Lipinski definition) is 2. The molecule has 0 saturated carbocycles. The summed E-state index contributed by atoms with van der Waals surface area (Å²) in [6, 6.07) is 5.93. The Labute approximate surface area is 88.7 Å². The molecule has 1 aromatic rings. The van der Waals surface area contributed by atoms with E-state index in [1.54, 1.807) is 19.1 Å². The minimum atomic E-state index is -0.646. The Morgan fingerprint density at radius 2 is 2.27 bits per heavy atom. The predicted molar refractivity (Wildman–Crippen MR) is 56.2 cm³/mol. The average molecular weight is 213 g/mol. The molecule has 1 rings (SSSR count). The van der Waals surface area contributed by atoms with Crippen molar-refractivity contribution in [2.24, 2.45) is 5.73 Å². The van der Waals surface area contributed by atoms with Crippen molar-refractivity contribution in [3.63, 3.8) is 0 Å². The third kappa shape index (κ3) is 4.27. The molecule has 1 atom stereocenters. The second-order valence-electron chi connectivity index (χ2n) is 3.87. The fourth-order valence-electron chi connectivity index (χ4n) is 1.04. The molecule has 0 amide bonds. The SMILES string of the molecule is CC(N)(CO)CCOc1cccc(F)c1. The van der Waals surface area contributed by atoms with Gasteiger partial charge in [-0.15, -0.1) is 0 Å². The summed E-state index contributed by atoms with van der Waals surface area (Å²) in [5, 5.41) is 8.89. The fraction of sp³-hybridized carbons (Fsp3) is 0.455. The third-order valence-electron chi connectivity index (χ3n) is 2.10. The number of hydrogen-bond acceptors (Lipinski definition) is 3. The van der Waals surface area contributed by atoms with Crippen molar-refractivity contribution >= 4 is 0 Å². The van der Waals surface area contributed by atoms with Crippen LogP contribution in [0.25, 0.3) is 0 Å². The maximum atomic E-state index is 12.7. The van der Waals surface area contributed by atoms with Gasteiger partial charge >= 0.3 is 0 Å². The highest BCUT2D eigenvalue weighted by Crippen LogP contribution is 2.13. The van der Waals surface area contributed by atoms with Crippen molar-refractivity contribution in [1.29, 1.82) is 0 Å². The number of aliphatic hydroxyl groups excluding tert-OH is 1. The van der Waals surface area contributed by atoms with Crippen LogP contribution < -0.4 is 10.5 Å². The van der Waals surface area contributed by atoms with Crippen LogP contribution in [-0.4, -0.2) is 23.9 Å². The molecule has 0 aromatic heterocycles. The minimum absolute atomic E-state index is 0.0977. The summed E-state index contributed by atoms with van der Waals surface area (Å²) in [5.41, 5.74) is 5.06. The summed E-state index contributed by atoms with van der Waals surface area (Å²) in [7, 11) is 0. The Morgan fingerprint density at radius 1 is 1.53 bits per heavy atom. The molecule has 3 N–H and O–H groups in total. The molecule has 84 valence electrons. The maximum Gasteiger partial charge on any atom is 0.126 e. The Morgan fingerprint density at radius 3 is 2.87 bits per heavy atom. The summed E-state index contributed by atoms with van der Waals surface area (Å²) >= 11 is 0. The van der Waals surface area contributed by atoms with E-state index in [0.29, 0.717) is 18.8 Å². The first-order valence-corrected chi connectivity index (χ1v) is 4.82. The second-order valence-corrected chi connectivity index (χ2v) is 3.87. The van der Waals surface area contributed by atoms with Crippen molar-refractivity contribution in [3.05, 3.63) is 30.1 Å². The zero-order valence-electron chi connectivity index (χ0n) is 8.74. The van der Waals surface area contributed by atoms with Gasteiger partial charge in [0.1, 0.15) is 11.6 Å². The monoisotopic (exact) mass is 213 g/mol. The highest BCUT2D eigenvalue weighted by molar-refractivity contribution is 5.22. The zero-order chi connectivity index (χ0) is 11.3. The molecule has 0 aliphatic heterocycles. The third-order valence-corrected chi connectivity index (χ3v) is 2.10. The van der Waals surface area contributed by atoms with Gasteiger partial charge in [0.25, 0.3) is 0 Å². The van der Waals surface area contributed by atoms with E-state index in [4.69, 9.17) is 15.6 Å². The fourth-order valence-corrected chi connectivity index (χ4v) is 1.04. The lowest BCUT2D eigenvalue weighted by Crippen LogP contribution is -2.41. The molecule has 4 heteroatoms. The molecule has 0 spiro atoms. The predicted octanol–water partition coefficient (Wildman–Crippen LogP) is 1.30. The van der Waals surface area contributed by atoms with Gasteiger partial charge in [0.2, 0.25) is 0 Å². The van der Waals surface area contributed by atoms with E-state index in [1.165, 1.54) is 12.1 Å². The average Bonchev–Trinajstić information content (AvgIpc) is 2.18. The lowest BCUT2D eigenvalue weighted by atomic mass is 10.0. The van der Waals surface area contributed by atoms with Crippen molar-refractivity contribution in [1.82, 2.24) is 0 Å². The van der Waals surface area contributed by atoms with Gasteiger partial charge in [-0.25, -0.2) is 4.39 Å². The standard InChI is InChI=1S/C11H16FNO2/c1-11(13,8-14)5-6-15-10-4-2-3-9(12)7-10/h2-4,7,14H,5-6,8,13H2,1H3. The first-order chi connectivity index (χ1) is 7.03. The number of nitrogens with two attached hydrogens (primary N) is 1. The first-order valence-electron chi connectivity index (χ1n) is 4.82. The van der Waals surface area contributed by atoms with Gasteiger partial charge in [-0.3, -0.25) is 0 Å². The van der Waals surface area contributed by atoms with Crippen LogP contribution in [0.15, 0.2) is 24.3 Å². The van der Waals surface area contributed by atoms with E-state index < -0.39 is 5.54 Å². The normalized spacial score (nSPS) is 14.7. The largest absolute Gasteiger partial charge is 0.493 e. The number of ether oxygens (including phenoxy) is 1. The van der Waals surface area contributed by atoms with Crippen LogP contribution in [0.5, 0.6) is 5.75 Å². The van der Waals surface area contributed by atoms with Crippen LogP contribution in [0.3, 0.4) is 0 Å². The van der Waals surface area contributed by atoms with Gasteiger partial charge < -0.3 is 15.6 Å². The van der Waals surface area contributed by atoms with Crippen LogP contribution in [-0.2, 0) is 0 Å². The topological polar surface area (TPSA) is 55.5 Å². The number of halogens is 1. The lowest BCUT2D eigenvalue weighted by molar-refractivity contribution is 0.175. The Hall–Kier alpha value is -1.13. The lowest BCUT2D eigenvalue weighted by Gasteiger charge is -2.21. The van der Waals surface area contributed by atoms with Gasteiger partial charge in [-0.2, -0.15) is 0 Å². The molecule has 1 unspecified atom stereocenters. The van der Waals surface area contributed by atoms with E-state index in [-0.39, 0.29) is 12.4 Å². The molecule has 0 fully saturated rings. The summed E-state index contributed by atoms with van der Waals surface area (Å²) in [5.74, 6) is 0.147. The van der Waals surface area contributed by atoms with Crippen molar-refractivity contribution in [3.8, 4) is 5.75 Å². The minimum Gasteiger partial charge on any atom is -0.493 e. The highest BCUT2D eigenvalue weighted by atomic mass is 19.1. The summed E-state index contributed by atoms with van der Waals surface area (Å²) in [6.07, 6.45) is 0.514. The second kappa shape index (κ2) is 5.09. The van der Waals surface area contributed by atoms with E-state index >= 15 is 0 Å². The molecule has 0 heterocycles. The van der Waals surface area contributed by atoms with Crippen molar-refractivity contribution in [2.75, 3.05) is 13.2 Å². The Balaban J connectivity index is 2.38. The Kier molecular flexibility index (Phi) is 4.05. The van der Waals surface area contributed by atoms with Gasteiger partial charge in [0.05, 0.1) is 13.2 Å². The van der Waals surface area contributed by atoms with E-state index in [1.807, 2.05) is 0 Å². The molecule has 0 radical (unpaired) electrons. The molecule has 3 nitrogen and oxygen atoms in total. The quantitative estimate of drug-likeness (QED) is 0.775. The molecule has 0 aliphatic carbocycles. The molecule has 15 heavy (non-hydrogen) atoms. The zero-order valence-corrected chi connectivity index (χ0v) is 8.74. The summed E-state index contributed by atoms with van der Waals surface area (Å²) in [4.78, 5) is 0. The first kappa shape index (κ1) is 11.9. The molecular weight excluding hydrogens is 197 g/mol. The highest BCUT2D eigenvalue weighted by Gasteiger charge is 2.16. The van der Waals surface area contributed by atoms with Crippen LogP contribution in [0.4, 0.5) is 4.39 Å². The van der Waals surface area contributed by atoms with Crippen LogP contribution in [0.2, 0.25) is 0 Å². The number of benzene rings is 1.